The quantitative estimate of drug-likeness (QED) is 0.335. The summed E-state index contributed by atoms with van der Waals surface area (Å²) in [5.74, 6) is -1.56. The summed E-state index contributed by atoms with van der Waals surface area (Å²) in [7, 11) is -4.35. The van der Waals surface area contributed by atoms with Gasteiger partial charge in [-0.3, -0.25) is 19.0 Å². The predicted octanol–water partition coefficient (Wildman–Crippen LogP) is -4.08. The zero-order valence-electron chi connectivity index (χ0n) is 10.3. The maximum atomic E-state index is 11.6. The third-order valence-electron chi connectivity index (χ3n) is 2.36. The van der Waals surface area contributed by atoms with Crippen molar-refractivity contribution in [2.24, 2.45) is 4.99 Å². The molecule has 100 valence electrons. The minimum atomic E-state index is -4.35. The van der Waals surface area contributed by atoms with E-state index in [1.54, 1.807) is 0 Å². The van der Waals surface area contributed by atoms with Crippen molar-refractivity contribution >= 4 is 33.6 Å². The molecule has 10 heteroatoms. The third kappa shape index (κ3) is 3.72. The minimum absolute atomic E-state index is 0. The van der Waals surface area contributed by atoms with Crippen LogP contribution in [0, 0.1) is 0 Å². The molecule has 8 nitrogen and oxygen atoms in total. The number of nitrogens with zero attached hydrogens (tertiary/aromatic N) is 2. The van der Waals surface area contributed by atoms with Gasteiger partial charge in [0.25, 0.3) is 16.0 Å². The molecular formula is C10H7KN2O6S. The molecular weight excluding hydrogens is 315 g/mol. The van der Waals surface area contributed by atoms with Crippen LogP contribution in [-0.2, 0) is 19.7 Å². The molecule has 1 aromatic rings. The Morgan fingerprint density at radius 1 is 1.20 bits per heavy atom. The number of aliphatic imine (C=N–C) groups is 1. The maximum Gasteiger partial charge on any atom is 1.00 e. The fourth-order valence-electron chi connectivity index (χ4n) is 1.53. The summed E-state index contributed by atoms with van der Waals surface area (Å²) in [6.45, 7) is 0. The fraction of sp³-hybridized carbons (Fsp3) is 0.100. The first-order chi connectivity index (χ1) is 8.79. The second kappa shape index (κ2) is 6.43. The minimum Gasteiger partial charge on any atom is -0.845 e. The van der Waals surface area contributed by atoms with E-state index < -0.39 is 34.4 Å². The van der Waals surface area contributed by atoms with Crippen LogP contribution in [0.1, 0.15) is 6.42 Å². The number of amidine groups is 1. The molecule has 0 aromatic heterocycles. The SMILES string of the molecule is O=C1CC(=O)N(c2ccc(S(=O)(=O)O)cc2)C([O-])=N1.[K+]. The average Bonchev–Trinajstić information content (AvgIpc) is 2.27. The van der Waals surface area contributed by atoms with E-state index in [1.165, 1.54) is 0 Å². The van der Waals surface area contributed by atoms with Crippen molar-refractivity contribution in [2.45, 2.75) is 11.3 Å². The molecule has 0 bridgehead atoms. The summed E-state index contributed by atoms with van der Waals surface area (Å²) < 4.78 is 30.5. The largest absolute Gasteiger partial charge is 1.00 e. The molecule has 0 unspecified atom stereocenters. The number of amides is 2. The number of rotatable bonds is 2. The Bertz CT molecular complexity index is 682. The number of carbonyl (C=O) groups excluding carboxylic acids is 2. The van der Waals surface area contributed by atoms with Crippen LogP contribution in [0.4, 0.5) is 5.69 Å². The first-order valence-corrected chi connectivity index (χ1v) is 6.42. The van der Waals surface area contributed by atoms with Gasteiger partial charge in [-0.05, 0) is 24.3 Å². The Morgan fingerprint density at radius 3 is 2.20 bits per heavy atom. The molecule has 1 aromatic carbocycles. The van der Waals surface area contributed by atoms with E-state index in [0.29, 0.717) is 4.90 Å². The van der Waals surface area contributed by atoms with Gasteiger partial charge in [0.1, 0.15) is 6.42 Å². The van der Waals surface area contributed by atoms with Crippen LogP contribution in [0.5, 0.6) is 0 Å². The summed E-state index contributed by atoms with van der Waals surface area (Å²) in [6.07, 6.45) is -0.522. The van der Waals surface area contributed by atoms with Gasteiger partial charge in [-0.1, -0.05) is 0 Å². The standard InChI is InChI=1S/C10H8N2O6S.K/c13-8-5-9(14)12(10(15)11-8)6-1-3-7(4-2-6)19(16,17)18;/h1-4H,5H2,(H,11,13,15)(H,16,17,18);/q;+1/p-1. The first-order valence-electron chi connectivity index (χ1n) is 4.98. The van der Waals surface area contributed by atoms with Gasteiger partial charge >= 0.3 is 51.4 Å². The molecule has 1 heterocycles. The number of benzene rings is 1. The van der Waals surface area contributed by atoms with Crippen molar-refractivity contribution in [3.8, 4) is 0 Å². The van der Waals surface area contributed by atoms with Crippen LogP contribution >= 0.6 is 0 Å². The molecule has 20 heavy (non-hydrogen) atoms. The van der Waals surface area contributed by atoms with Crippen LogP contribution in [0.3, 0.4) is 0 Å². The predicted molar refractivity (Wildman–Crippen MR) is 60.8 cm³/mol. The van der Waals surface area contributed by atoms with E-state index in [9.17, 15) is 23.1 Å². The normalized spacial score (nSPS) is 15.7. The van der Waals surface area contributed by atoms with Crippen LogP contribution in [0.2, 0.25) is 0 Å². The Balaban J connectivity index is 0.00000200. The van der Waals surface area contributed by atoms with Gasteiger partial charge in [-0.25, -0.2) is 4.99 Å². The number of hydrogen-bond donors (Lipinski definition) is 1. The average molecular weight is 322 g/mol. The van der Waals surface area contributed by atoms with Crippen molar-refractivity contribution in [2.75, 3.05) is 4.90 Å². The van der Waals surface area contributed by atoms with Gasteiger partial charge in [0.15, 0.2) is 0 Å². The Labute approximate surface area is 156 Å². The molecule has 1 N–H and O–H groups in total. The van der Waals surface area contributed by atoms with E-state index in [4.69, 9.17) is 4.55 Å². The Kier molecular flexibility index (Phi) is 5.60. The molecule has 1 aliphatic rings. The maximum absolute atomic E-state index is 11.6. The van der Waals surface area contributed by atoms with Crippen molar-refractivity contribution < 1.29 is 79.1 Å². The van der Waals surface area contributed by atoms with Gasteiger partial charge < -0.3 is 5.11 Å². The molecule has 2 amide bonds. The molecule has 0 radical (unpaired) electrons. The van der Waals surface area contributed by atoms with E-state index in [-0.39, 0.29) is 62.0 Å². The van der Waals surface area contributed by atoms with Gasteiger partial charge in [0.05, 0.1) is 10.9 Å². The van der Waals surface area contributed by atoms with Gasteiger partial charge in [-0.15, -0.1) is 0 Å². The summed E-state index contributed by atoms with van der Waals surface area (Å²) in [4.78, 5) is 25.9. The van der Waals surface area contributed by atoms with E-state index in [2.05, 4.69) is 4.99 Å². The van der Waals surface area contributed by atoms with Gasteiger partial charge in [-0.2, -0.15) is 8.42 Å². The van der Waals surface area contributed by atoms with Gasteiger partial charge in [0.2, 0.25) is 5.91 Å². The second-order valence-corrected chi connectivity index (χ2v) is 5.08. The molecule has 0 fully saturated rings. The molecule has 0 saturated heterocycles. The fourth-order valence-corrected chi connectivity index (χ4v) is 2.01. The number of anilines is 1. The molecule has 2 rings (SSSR count). The summed E-state index contributed by atoms with van der Waals surface area (Å²) >= 11 is 0. The monoisotopic (exact) mass is 322 g/mol. The third-order valence-corrected chi connectivity index (χ3v) is 3.22. The van der Waals surface area contributed by atoms with Gasteiger partial charge in [0, 0.05) is 5.69 Å². The van der Waals surface area contributed by atoms with Crippen LogP contribution in [0.15, 0.2) is 34.2 Å². The van der Waals surface area contributed by atoms with Crippen molar-refractivity contribution in [3.63, 3.8) is 0 Å². The Hall–Kier alpha value is -0.624. The molecule has 0 spiro atoms. The van der Waals surface area contributed by atoms with E-state index in [1.807, 2.05) is 0 Å². The molecule has 0 atom stereocenters. The van der Waals surface area contributed by atoms with Crippen molar-refractivity contribution in [3.05, 3.63) is 24.3 Å². The van der Waals surface area contributed by atoms with Crippen molar-refractivity contribution in [1.82, 2.24) is 0 Å². The zero-order chi connectivity index (χ0) is 14.2. The number of carbonyl (C=O) groups is 2. The summed E-state index contributed by atoms with van der Waals surface area (Å²) in [6, 6.07) is 3.35. The molecule has 0 saturated carbocycles. The zero-order valence-corrected chi connectivity index (χ0v) is 14.2. The van der Waals surface area contributed by atoms with Crippen molar-refractivity contribution in [1.29, 1.82) is 0 Å². The smallest absolute Gasteiger partial charge is 0.845 e. The van der Waals surface area contributed by atoms with E-state index in [0.717, 1.165) is 24.3 Å². The summed E-state index contributed by atoms with van der Waals surface area (Å²) in [5.41, 5.74) is 0.0682. The topological polar surface area (TPSA) is 127 Å². The Morgan fingerprint density at radius 2 is 1.75 bits per heavy atom. The molecule has 1 aliphatic heterocycles. The van der Waals surface area contributed by atoms with Crippen LogP contribution in [0.25, 0.3) is 0 Å². The number of hydrogen-bond acceptors (Lipinski definition) is 5. The van der Waals surface area contributed by atoms with Crippen LogP contribution in [-0.4, -0.2) is 30.8 Å². The molecule has 0 aliphatic carbocycles. The summed E-state index contributed by atoms with van der Waals surface area (Å²) in [5, 5.41) is 11.4. The first kappa shape index (κ1) is 17.4. The van der Waals surface area contributed by atoms with E-state index >= 15 is 0 Å². The van der Waals surface area contributed by atoms with Crippen LogP contribution < -0.4 is 61.4 Å². The second-order valence-electron chi connectivity index (χ2n) is 3.66.